The van der Waals surface area contributed by atoms with Gasteiger partial charge in [-0.15, -0.1) is 0 Å². The van der Waals surface area contributed by atoms with Crippen molar-refractivity contribution in [2.45, 2.75) is 9.92 Å². The molecule has 1 aromatic carbocycles. The van der Waals surface area contributed by atoms with Gasteiger partial charge in [-0.2, -0.15) is 0 Å². The molecule has 2 aromatic rings. The van der Waals surface area contributed by atoms with Crippen LogP contribution in [0, 0.1) is 0 Å². The van der Waals surface area contributed by atoms with E-state index in [1.807, 2.05) is 6.07 Å². The first-order chi connectivity index (χ1) is 8.16. The highest BCUT2D eigenvalue weighted by Crippen LogP contribution is 2.32. The van der Waals surface area contributed by atoms with E-state index in [-0.39, 0.29) is 5.75 Å². The smallest absolute Gasteiger partial charge is 0.250 e. The average Bonchev–Trinajstić information content (AvgIpc) is 2.33. The standard InChI is InChI=1S/C12H10N2O2S/c13-12(16)8-5-6-11(14-7-8)17-10-4-2-1-3-9(10)15/h1-7,15H,(H2,13,16). The number of pyridine rings is 1. The minimum atomic E-state index is -0.503. The molecule has 86 valence electrons. The molecule has 0 atom stereocenters. The van der Waals surface area contributed by atoms with Crippen LogP contribution in [0.15, 0.2) is 52.5 Å². The third-order valence-corrected chi connectivity index (χ3v) is 3.12. The number of benzene rings is 1. The van der Waals surface area contributed by atoms with Crippen molar-refractivity contribution in [3.8, 4) is 5.75 Å². The van der Waals surface area contributed by atoms with Crippen LogP contribution in [0.3, 0.4) is 0 Å². The fourth-order valence-electron chi connectivity index (χ4n) is 1.24. The van der Waals surface area contributed by atoms with Gasteiger partial charge in [0.1, 0.15) is 10.8 Å². The predicted molar refractivity (Wildman–Crippen MR) is 65.0 cm³/mol. The summed E-state index contributed by atoms with van der Waals surface area (Å²) in [7, 11) is 0. The number of hydrogen-bond acceptors (Lipinski definition) is 4. The quantitative estimate of drug-likeness (QED) is 0.868. The van der Waals surface area contributed by atoms with Crippen LogP contribution in [-0.2, 0) is 0 Å². The lowest BCUT2D eigenvalue weighted by Crippen LogP contribution is -2.10. The van der Waals surface area contributed by atoms with E-state index < -0.39 is 5.91 Å². The Bertz CT molecular complexity index is 540. The molecule has 0 aliphatic heterocycles. The average molecular weight is 246 g/mol. The van der Waals surface area contributed by atoms with Gasteiger partial charge in [0.05, 0.1) is 10.5 Å². The van der Waals surface area contributed by atoms with Crippen LogP contribution in [-0.4, -0.2) is 16.0 Å². The SMILES string of the molecule is NC(=O)c1ccc(Sc2ccccc2O)nc1. The van der Waals surface area contributed by atoms with Crippen LogP contribution in [0.2, 0.25) is 0 Å². The van der Waals surface area contributed by atoms with Gasteiger partial charge in [-0.05, 0) is 24.3 Å². The molecular formula is C12H10N2O2S. The van der Waals surface area contributed by atoms with Gasteiger partial charge >= 0.3 is 0 Å². The molecule has 0 radical (unpaired) electrons. The molecule has 0 fully saturated rings. The molecule has 3 N–H and O–H groups in total. The molecule has 1 aromatic heterocycles. The van der Waals surface area contributed by atoms with Gasteiger partial charge in [-0.3, -0.25) is 4.79 Å². The van der Waals surface area contributed by atoms with Crippen molar-refractivity contribution in [2.75, 3.05) is 0 Å². The molecule has 0 saturated carbocycles. The summed E-state index contributed by atoms with van der Waals surface area (Å²) in [5.74, 6) is -0.296. The van der Waals surface area contributed by atoms with Crippen molar-refractivity contribution in [1.29, 1.82) is 0 Å². The third-order valence-electron chi connectivity index (χ3n) is 2.10. The van der Waals surface area contributed by atoms with Crippen LogP contribution in [0.1, 0.15) is 10.4 Å². The van der Waals surface area contributed by atoms with Crippen molar-refractivity contribution in [1.82, 2.24) is 4.98 Å². The van der Waals surface area contributed by atoms with E-state index in [4.69, 9.17) is 5.73 Å². The Kier molecular flexibility index (Phi) is 3.30. The number of phenolic OH excluding ortho intramolecular Hbond substituents is 1. The first-order valence-corrected chi connectivity index (χ1v) is 5.70. The molecule has 2 rings (SSSR count). The molecule has 4 nitrogen and oxygen atoms in total. The topological polar surface area (TPSA) is 76.2 Å². The van der Waals surface area contributed by atoms with E-state index in [9.17, 15) is 9.90 Å². The van der Waals surface area contributed by atoms with E-state index in [0.717, 1.165) is 0 Å². The molecular weight excluding hydrogens is 236 g/mol. The van der Waals surface area contributed by atoms with Crippen LogP contribution in [0.5, 0.6) is 5.75 Å². The van der Waals surface area contributed by atoms with Crippen molar-refractivity contribution in [2.24, 2.45) is 5.73 Å². The Balaban J connectivity index is 2.20. The Labute approximate surface area is 102 Å². The first kappa shape index (κ1) is 11.5. The number of phenols is 1. The van der Waals surface area contributed by atoms with Gasteiger partial charge in [0, 0.05) is 6.20 Å². The number of primary amides is 1. The number of aromatic hydroxyl groups is 1. The molecule has 17 heavy (non-hydrogen) atoms. The number of amides is 1. The maximum atomic E-state index is 10.9. The van der Waals surface area contributed by atoms with Crippen LogP contribution in [0.4, 0.5) is 0 Å². The Morgan fingerprint density at radius 1 is 1.24 bits per heavy atom. The van der Waals surface area contributed by atoms with Gasteiger partial charge in [-0.1, -0.05) is 23.9 Å². The van der Waals surface area contributed by atoms with Gasteiger partial charge < -0.3 is 10.8 Å². The summed E-state index contributed by atoms with van der Waals surface area (Å²) >= 11 is 1.32. The summed E-state index contributed by atoms with van der Waals surface area (Å²) in [4.78, 5) is 15.7. The second kappa shape index (κ2) is 4.88. The van der Waals surface area contributed by atoms with Gasteiger partial charge in [0.2, 0.25) is 5.91 Å². The fraction of sp³-hybridized carbons (Fsp3) is 0. The molecule has 5 heteroatoms. The lowest BCUT2D eigenvalue weighted by Gasteiger charge is -2.03. The zero-order valence-electron chi connectivity index (χ0n) is 8.83. The zero-order chi connectivity index (χ0) is 12.3. The van der Waals surface area contributed by atoms with Crippen LogP contribution < -0.4 is 5.73 Å². The maximum absolute atomic E-state index is 10.9. The fourth-order valence-corrected chi connectivity index (χ4v) is 2.03. The monoisotopic (exact) mass is 246 g/mol. The van der Waals surface area contributed by atoms with Crippen molar-refractivity contribution in [3.05, 3.63) is 48.2 Å². The number of aromatic nitrogens is 1. The minimum Gasteiger partial charge on any atom is -0.507 e. The lowest BCUT2D eigenvalue weighted by molar-refractivity contribution is 0.1000. The van der Waals surface area contributed by atoms with E-state index in [0.29, 0.717) is 15.5 Å². The predicted octanol–water partition coefficient (Wildman–Crippen LogP) is 2.04. The minimum absolute atomic E-state index is 0.207. The van der Waals surface area contributed by atoms with Crippen molar-refractivity contribution >= 4 is 17.7 Å². The van der Waals surface area contributed by atoms with E-state index in [2.05, 4.69) is 4.98 Å². The largest absolute Gasteiger partial charge is 0.507 e. The summed E-state index contributed by atoms with van der Waals surface area (Å²) in [6, 6.07) is 10.3. The van der Waals surface area contributed by atoms with Crippen LogP contribution in [0.25, 0.3) is 0 Å². The first-order valence-electron chi connectivity index (χ1n) is 4.88. The molecule has 0 aliphatic carbocycles. The summed E-state index contributed by atoms with van der Waals surface area (Å²) in [5, 5.41) is 10.3. The summed E-state index contributed by atoms with van der Waals surface area (Å²) in [5.41, 5.74) is 5.48. The Morgan fingerprint density at radius 3 is 2.59 bits per heavy atom. The number of nitrogens with zero attached hydrogens (tertiary/aromatic N) is 1. The zero-order valence-corrected chi connectivity index (χ0v) is 9.65. The number of para-hydroxylation sites is 1. The molecule has 0 aliphatic rings. The lowest BCUT2D eigenvalue weighted by atomic mass is 10.3. The molecule has 1 amide bonds. The van der Waals surface area contributed by atoms with Gasteiger partial charge in [-0.25, -0.2) is 4.98 Å². The number of carbonyl (C=O) groups is 1. The second-order valence-electron chi connectivity index (χ2n) is 3.32. The highest BCUT2D eigenvalue weighted by atomic mass is 32.2. The van der Waals surface area contributed by atoms with Crippen molar-refractivity contribution < 1.29 is 9.90 Å². The molecule has 0 unspecified atom stereocenters. The molecule has 0 bridgehead atoms. The van der Waals surface area contributed by atoms with Crippen molar-refractivity contribution in [3.63, 3.8) is 0 Å². The van der Waals surface area contributed by atoms with E-state index in [1.54, 1.807) is 30.3 Å². The van der Waals surface area contributed by atoms with Gasteiger partial charge in [0.25, 0.3) is 0 Å². The number of hydrogen-bond donors (Lipinski definition) is 2. The Morgan fingerprint density at radius 2 is 2.00 bits per heavy atom. The normalized spacial score (nSPS) is 10.1. The Hall–Kier alpha value is -2.01. The second-order valence-corrected chi connectivity index (χ2v) is 4.38. The van der Waals surface area contributed by atoms with Gasteiger partial charge in [0.15, 0.2) is 0 Å². The number of carbonyl (C=O) groups excluding carboxylic acids is 1. The molecule has 0 spiro atoms. The van der Waals surface area contributed by atoms with E-state index >= 15 is 0 Å². The van der Waals surface area contributed by atoms with Crippen LogP contribution >= 0.6 is 11.8 Å². The highest BCUT2D eigenvalue weighted by Gasteiger charge is 2.05. The summed E-state index contributed by atoms with van der Waals surface area (Å²) in [6.45, 7) is 0. The van der Waals surface area contributed by atoms with E-state index in [1.165, 1.54) is 18.0 Å². The number of nitrogens with two attached hydrogens (primary N) is 1. The summed E-state index contributed by atoms with van der Waals surface area (Å²) < 4.78 is 0. The molecule has 1 heterocycles. The maximum Gasteiger partial charge on any atom is 0.250 e. The molecule has 0 saturated heterocycles. The number of rotatable bonds is 3. The summed E-state index contributed by atoms with van der Waals surface area (Å²) in [6.07, 6.45) is 1.42. The third kappa shape index (κ3) is 2.76. The highest BCUT2D eigenvalue weighted by molar-refractivity contribution is 7.99.